The molecule has 0 atom stereocenters. The second-order valence-corrected chi connectivity index (χ2v) is 11.5. The topological polar surface area (TPSA) is 3.24 Å². The van der Waals surface area contributed by atoms with E-state index in [0.717, 1.165) is 24.2 Å². The summed E-state index contributed by atoms with van der Waals surface area (Å²) in [4.78, 5) is 2.25. The molecule has 0 saturated carbocycles. The molecule has 6 aromatic carbocycles. The van der Waals surface area contributed by atoms with Crippen molar-refractivity contribution in [1.82, 2.24) is 0 Å². The molecule has 216 valence electrons. The molecule has 1 nitrogen and oxygen atoms in total. The Morgan fingerprint density at radius 3 is 1.58 bits per heavy atom. The van der Waals surface area contributed by atoms with Gasteiger partial charge in [-0.25, -0.2) is 0 Å². The molecule has 7 rings (SSSR count). The van der Waals surface area contributed by atoms with Crippen LogP contribution in [0.15, 0.2) is 188 Å². The Balaban J connectivity index is 1.07. The average molecular weight is 578 g/mol. The number of benzene rings is 6. The van der Waals surface area contributed by atoms with E-state index in [0.29, 0.717) is 0 Å². The number of hydrogen-bond donors (Lipinski definition) is 0. The summed E-state index contributed by atoms with van der Waals surface area (Å²) >= 11 is 0. The Hall–Kier alpha value is -5.66. The van der Waals surface area contributed by atoms with Crippen LogP contribution in [-0.4, -0.2) is 0 Å². The fourth-order valence-corrected chi connectivity index (χ4v) is 6.05. The molecular weight excluding hydrogens is 542 g/mol. The minimum Gasteiger partial charge on any atom is -0.311 e. The summed E-state index contributed by atoms with van der Waals surface area (Å²) in [6.45, 7) is 4.46. The standard InChI is InChI=1S/C44H35N/c1-33-16-21-37(30-31-42-12-8-9-15-44(42)45(33)43-13-6-3-7-14-43)40-26-28-41(29-27-40)39-24-19-35(20-25-39)32-34-17-22-38(23-18-34)36-10-4-2-5-11-36/h2-30H,1,31-32H2/b21-16-,37-30+. The van der Waals surface area contributed by atoms with Gasteiger partial charge < -0.3 is 4.90 Å². The molecular formula is C44H35N. The number of rotatable bonds is 6. The lowest BCUT2D eigenvalue weighted by atomic mass is 9.96. The normalized spacial score (nSPS) is 14.8. The molecule has 45 heavy (non-hydrogen) atoms. The van der Waals surface area contributed by atoms with Crippen molar-refractivity contribution in [2.24, 2.45) is 0 Å². The highest BCUT2D eigenvalue weighted by molar-refractivity contribution is 5.80. The SMILES string of the molecule is C=C1/C=C\C(c2ccc(-c3ccc(Cc4ccc(-c5ccccc5)cc4)cc3)cc2)=C/Cc2ccccc2N1c1ccccc1. The van der Waals surface area contributed by atoms with E-state index in [1.165, 1.54) is 55.8 Å². The summed E-state index contributed by atoms with van der Waals surface area (Å²) in [6.07, 6.45) is 8.41. The van der Waals surface area contributed by atoms with Crippen LogP contribution in [0.25, 0.3) is 27.8 Å². The van der Waals surface area contributed by atoms with Crippen LogP contribution >= 0.6 is 0 Å². The van der Waals surface area contributed by atoms with E-state index >= 15 is 0 Å². The number of anilines is 2. The van der Waals surface area contributed by atoms with Gasteiger partial charge in [-0.15, -0.1) is 0 Å². The van der Waals surface area contributed by atoms with Gasteiger partial charge in [0.05, 0.1) is 0 Å². The zero-order chi connectivity index (χ0) is 30.4. The summed E-state index contributed by atoms with van der Waals surface area (Å²) in [5.41, 5.74) is 14.5. The van der Waals surface area contributed by atoms with E-state index in [2.05, 4.69) is 181 Å². The van der Waals surface area contributed by atoms with E-state index in [1.54, 1.807) is 0 Å². The van der Waals surface area contributed by atoms with Gasteiger partial charge in [0.15, 0.2) is 0 Å². The Labute approximate surface area is 266 Å². The number of para-hydroxylation sites is 2. The lowest BCUT2D eigenvalue weighted by Crippen LogP contribution is -2.15. The minimum absolute atomic E-state index is 0.838. The third kappa shape index (κ3) is 6.34. The molecule has 1 aliphatic rings. The van der Waals surface area contributed by atoms with Crippen molar-refractivity contribution in [3.8, 4) is 22.3 Å². The van der Waals surface area contributed by atoms with Gasteiger partial charge in [-0.2, -0.15) is 0 Å². The zero-order valence-corrected chi connectivity index (χ0v) is 25.3. The molecule has 1 heterocycles. The second-order valence-electron chi connectivity index (χ2n) is 11.5. The number of allylic oxidation sites excluding steroid dienone is 4. The first-order valence-electron chi connectivity index (χ1n) is 15.6. The number of fused-ring (bicyclic) bond motifs is 1. The number of nitrogens with zero attached hydrogens (tertiary/aromatic N) is 1. The molecule has 0 fully saturated rings. The molecule has 0 N–H and O–H groups in total. The lowest BCUT2D eigenvalue weighted by Gasteiger charge is -2.27. The van der Waals surface area contributed by atoms with Crippen LogP contribution in [-0.2, 0) is 12.8 Å². The van der Waals surface area contributed by atoms with Gasteiger partial charge in [-0.1, -0.05) is 158 Å². The van der Waals surface area contributed by atoms with Crippen molar-refractivity contribution in [1.29, 1.82) is 0 Å². The van der Waals surface area contributed by atoms with Crippen LogP contribution in [0.3, 0.4) is 0 Å². The van der Waals surface area contributed by atoms with Gasteiger partial charge in [-0.3, -0.25) is 0 Å². The first-order chi connectivity index (χ1) is 22.2. The van der Waals surface area contributed by atoms with Crippen molar-refractivity contribution < 1.29 is 0 Å². The smallest absolute Gasteiger partial charge is 0.0496 e. The molecule has 0 saturated heterocycles. The molecule has 0 unspecified atom stereocenters. The first-order valence-corrected chi connectivity index (χ1v) is 15.6. The summed E-state index contributed by atoms with van der Waals surface area (Å²) in [7, 11) is 0. The van der Waals surface area contributed by atoms with E-state index in [1.807, 2.05) is 6.07 Å². The molecule has 1 aliphatic heterocycles. The van der Waals surface area contributed by atoms with Gasteiger partial charge in [0.2, 0.25) is 0 Å². The summed E-state index contributed by atoms with van der Waals surface area (Å²) in [5, 5.41) is 0. The van der Waals surface area contributed by atoms with Gasteiger partial charge in [0, 0.05) is 17.1 Å². The van der Waals surface area contributed by atoms with Crippen molar-refractivity contribution >= 4 is 16.9 Å². The minimum atomic E-state index is 0.838. The first kappa shape index (κ1) is 28.1. The van der Waals surface area contributed by atoms with Crippen molar-refractivity contribution in [2.45, 2.75) is 12.8 Å². The average Bonchev–Trinajstić information content (AvgIpc) is 3.17. The predicted octanol–water partition coefficient (Wildman–Crippen LogP) is 11.5. The van der Waals surface area contributed by atoms with E-state index in [-0.39, 0.29) is 0 Å². The lowest BCUT2D eigenvalue weighted by molar-refractivity contribution is 1.17. The Morgan fingerprint density at radius 1 is 0.467 bits per heavy atom. The third-order valence-electron chi connectivity index (χ3n) is 8.51. The van der Waals surface area contributed by atoms with Crippen LogP contribution in [0.5, 0.6) is 0 Å². The van der Waals surface area contributed by atoms with Gasteiger partial charge in [0.25, 0.3) is 0 Å². The molecule has 1 heteroatoms. The molecule has 0 aromatic heterocycles. The van der Waals surface area contributed by atoms with Gasteiger partial charge in [-0.05, 0) is 87.2 Å². The van der Waals surface area contributed by atoms with Crippen molar-refractivity contribution in [3.05, 3.63) is 210 Å². The Bertz CT molecular complexity index is 1960. The maximum Gasteiger partial charge on any atom is 0.0496 e. The van der Waals surface area contributed by atoms with Gasteiger partial charge >= 0.3 is 0 Å². The highest BCUT2D eigenvalue weighted by Gasteiger charge is 2.16. The van der Waals surface area contributed by atoms with Gasteiger partial charge in [0.1, 0.15) is 0 Å². The fourth-order valence-electron chi connectivity index (χ4n) is 6.05. The van der Waals surface area contributed by atoms with E-state index in [4.69, 9.17) is 0 Å². The number of hydrogen-bond acceptors (Lipinski definition) is 1. The highest BCUT2D eigenvalue weighted by atomic mass is 15.1. The fraction of sp³-hybridized carbons (Fsp3) is 0.0455. The largest absolute Gasteiger partial charge is 0.311 e. The monoisotopic (exact) mass is 577 g/mol. The van der Waals surface area contributed by atoms with Crippen molar-refractivity contribution in [2.75, 3.05) is 4.90 Å². The van der Waals surface area contributed by atoms with E-state index in [9.17, 15) is 0 Å². The maximum absolute atomic E-state index is 4.46. The molecule has 6 aromatic rings. The van der Waals surface area contributed by atoms with Crippen molar-refractivity contribution in [3.63, 3.8) is 0 Å². The van der Waals surface area contributed by atoms with Crippen LogP contribution < -0.4 is 4.90 Å². The second kappa shape index (κ2) is 12.9. The van der Waals surface area contributed by atoms with Crippen LogP contribution in [0, 0.1) is 0 Å². The maximum atomic E-state index is 4.46. The van der Waals surface area contributed by atoms with Crippen LogP contribution in [0.4, 0.5) is 11.4 Å². The Morgan fingerprint density at radius 2 is 0.956 bits per heavy atom. The van der Waals surface area contributed by atoms with Crippen LogP contribution in [0.2, 0.25) is 0 Å². The molecule has 0 bridgehead atoms. The summed E-state index contributed by atoms with van der Waals surface area (Å²) in [6, 6.07) is 56.4. The summed E-state index contributed by atoms with van der Waals surface area (Å²) < 4.78 is 0. The molecule has 0 aliphatic carbocycles. The molecule has 0 spiro atoms. The quantitative estimate of drug-likeness (QED) is 0.190. The Kier molecular flexibility index (Phi) is 8.07. The van der Waals surface area contributed by atoms with E-state index < -0.39 is 0 Å². The highest BCUT2D eigenvalue weighted by Crippen LogP contribution is 2.35. The summed E-state index contributed by atoms with van der Waals surface area (Å²) in [5.74, 6) is 0. The third-order valence-corrected chi connectivity index (χ3v) is 8.51. The predicted molar refractivity (Wildman–Crippen MR) is 192 cm³/mol. The van der Waals surface area contributed by atoms with Crippen LogP contribution in [0.1, 0.15) is 22.3 Å². The zero-order valence-electron chi connectivity index (χ0n) is 25.3. The molecule has 0 amide bonds. The molecule has 0 radical (unpaired) electrons.